The molecule has 0 aliphatic carbocycles. The van der Waals surface area contributed by atoms with Gasteiger partial charge in [0.25, 0.3) is 0 Å². The number of hydrogen-bond acceptors (Lipinski definition) is 3. The molecule has 0 amide bonds. The summed E-state index contributed by atoms with van der Waals surface area (Å²) >= 11 is 3.43. The van der Waals surface area contributed by atoms with Gasteiger partial charge >= 0.3 is 0 Å². The molecule has 2 aromatic rings. The van der Waals surface area contributed by atoms with Gasteiger partial charge in [-0.25, -0.2) is 0 Å². The highest BCUT2D eigenvalue weighted by Gasteiger charge is 2.22. The highest BCUT2D eigenvalue weighted by molar-refractivity contribution is 9.10. The lowest BCUT2D eigenvalue weighted by molar-refractivity contribution is 0.410. The number of pyridine rings is 1. The van der Waals surface area contributed by atoms with Crippen LogP contribution in [0.1, 0.15) is 18.1 Å². The standard InChI is InChI=1S/C15H17BrN2O/c1-15(17,8-11-6-13(16)10-18-9-11)12-4-3-5-14(7-12)19-2/h3-7,9-10H,8,17H2,1-2H3. The Kier molecular flexibility index (Phi) is 4.22. The molecule has 0 bridgehead atoms. The van der Waals surface area contributed by atoms with Crippen molar-refractivity contribution in [3.63, 3.8) is 0 Å². The van der Waals surface area contributed by atoms with Crippen LogP contribution in [-0.4, -0.2) is 12.1 Å². The molecule has 0 saturated heterocycles. The van der Waals surface area contributed by atoms with Gasteiger partial charge in [-0.1, -0.05) is 12.1 Å². The molecule has 100 valence electrons. The van der Waals surface area contributed by atoms with Gasteiger partial charge in [0.05, 0.1) is 7.11 Å². The summed E-state index contributed by atoms with van der Waals surface area (Å²) in [7, 11) is 1.66. The lowest BCUT2D eigenvalue weighted by Crippen LogP contribution is -2.35. The Morgan fingerprint density at radius 1 is 1.32 bits per heavy atom. The molecule has 1 aromatic carbocycles. The van der Waals surface area contributed by atoms with Crippen LogP contribution >= 0.6 is 15.9 Å². The minimum absolute atomic E-state index is 0.461. The third-order valence-corrected chi connectivity index (χ3v) is 3.50. The lowest BCUT2D eigenvalue weighted by Gasteiger charge is -2.25. The molecule has 0 radical (unpaired) electrons. The van der Waals surface area contributed by atoms with Gasteiger partial charge in [0.15, 0.2) is 0 Å². The summed E-state index contributed by atoms with van der Waals surface area (Å²) in [5.74, 6) is 0.821. The van der Waals surface area contributed by atoms with Crippen molar-refractivity contribution in [1.82, 2.24) is 4.98 Å². The normalized spacial score (nSPS) is 13.9. The smallest absolute Gasteiger partial charge is 0.119 e. The van der Waals surface area contributed by atoms with Crippen LogP contribution in [-0.2, 0) is 12.0 Å². The van der Waals surface area contributed by atoms with Crippen LogP contribution in [0.2, 0.25) is 0 Å². The number of halogens is 1. The van der Waals surface area contributed by atoms with Crippen LogP contribution in [0.25, 0.3) is 0 Å². The highest BCUT2D eigenvalue weighted by atomic mass is 79.9. The Balaban J connectivity index is 2.26. The quantitative estimate of drug-likeness (QED) is 0.940. The number of hydrogen-bond donors (Lipinski definition) is 1. The lowest BCUT2D eigenvalue weighted by atomic mass is 9.87. The van der Waals surface area contributed by atoms with Crippen molar-refractivity contribution in [3.8, 4) is 5.75 Å². The van der Waals surface area contributed by atoms with Crippen molar-refractivity contribution in [2.24, 2.45) is 5.73 Å². The molecule has 1 heterocycles. The fraction of sp³-hybridized carbons (Fsp3) is 0.267. The second-order valence-corrected chi connectivity index (χ2v) is 5.75. The van der Waals surface area contributed by atoms with Crippen molar-refractivity contribution in [1.29, 1.82) is 0 Å². The van der Waals surface area contributed by atoms with E-state index in [4.69, 9.17) is 10.5 Å². The van der Waals surface area contributed by atoms with E-state index in [-0.39, 0.29) is 0 Å². The third-order valence-electron chi connectivity index (χ3n) is 3.06. The van der Waals surface area contributed by atoms with Gasteiger partial charge in [-0.2, -0.15) is 0 Å². The first kappa shape index (κ1) is 14.0. The van der Waals surface area contributed by atoms with Crippen molar-refractivity contribution < 1.29 is 4.74 Å². The van der Waals surface area contributed by atoms with E-state index in [0.29, 0.717) is 6.42 Å². The van der Waals surface area contributed by atoms with Crippen LogP contribution in [0.4, 0.5) is 0 Å². The van der Waals surface area contributed by atoms with Crippen LogP contribution in [0.3, 0.4) is 0 Å². The van der Waals surface area contributed by atoms with Gasteiger partial charge in [0, 0.05) is 22.4 Å². The maximum atomic E-state index is 6.45. The first-order valence-corrected chi connectivity index (χ1v) is 6.83. The zero-order valence-electron chi connectivity index (χ0n) is 11.1. The monoisotopic (exact) mass is 320 g/mol. The van der Waals surface area contributed by atoms with Gasteiger partial charge in [-0.05, 0) is 58.6 Å². The van der Waals surface area contributed by atoms with E-state index in [1.165, 1.54) is 0 Å². The van der Waals surface area contributed by atoms with Crippen LogP contribution in [0, 0.1) is 0 Å². The average molecular weight is 321 g/mol. The molecule has 1 atom stereocenters. The van der Waals surface area contributed by atoms with Gasteiger partial charge in [0.2, 0.25) is 0 Å². The van der Waals surface area contributed by atoms with Gasteiger partial charge < -0.3 is 10.5 Å². The van der Waals surface area contributed by atoms with E-state index in [0.717, 1.165) is 21.3 Å². The maximum Gasteiger partial charge on any atom is 0.119 e. The number of methoxy groups -OCH3 is 1. The molecule has 0 aliphatic rings. The Hall–Kier alpha value is -1.39. The minimum atomic E-state index is -0.461. The van der Waals surface area contributed by atoms with Crippen molar-refractivity contribution in [3.05, 3.63) is 58.3 Å². The number of benzene rings is 1. The fourth-order valence-corrected chi connectivity index (χ4v) is 2.47. The number of nitrogens with zero attached hydrogens (tertiary/aromatic N) is 1. The molecule has 0 spiro atoms. The molecule has 0 fully saturated rings. The summed E-state index contributed by atoms with van der Waals surface area (Å²) in [5, 5.41) is 0. The number of nitrogens with two attached hydrogens (primary N) is 1. The van der Waals surface area contributed by atoms with Crippen LogP contribution < -0.4 is 10.5 Å². The summed E-state index contributed by atoms with van der Waals surface area (Å²) in [4.78, 5) is 4.17. The first-order chi connectivity index (χ1) is 9.01. The average Bonchev–Trinajstić information content (AvgIpc) is 2.38. The Bertz CT molecular complexity index is 570. The molecular weight excluding hydrogens is 304 g/mol. The van der Waals surface area contributed by atoms with Crippen molar-refractivity contribution in [2.75, 3.05) is 7.11 Å². The molecule has 1 aromatic heterocycles. The summed E-state index contributed by atoms with van der Waals surface area (Å²) in [6.07, 6.45) is 4.32. The molecular formula is C15H17BrN2O. The molecule has 2 N–H and O–H groups in total. The third kappa shape index (κ3) is 3.55. The maximum absolute atomic E-state index is 6.45. The molecule has 0 aliphatic heterocycles. The minimum Gasteiger partial charge on any atom is -0.497 e. The van der Waals surface area contributed by atoms with E-state index >= 15 is 0 Å². The van der Waals surface area contributed by atoms with E-state index in [1.54, 1.807) is 13.3 Å². The molecule has 3 nitrogen and oxygen atoms in total. The SMILES string of the molecule is COc1cccc(C(C)(N)Cc2cncc(Br)c2)c1. The van der Waals surface area contributed by atoms with Crippen LogP contribution in [0.5, 0.6) is 5.75 Å². The topological polar surface area (TPSA) is 48.1 Å². The summed E-state index contributed by atoms with van der Waals surface area (Å²) in [6.45, 7) is 2.02. The van der Waals surface area contributed by atoms with E-state index in [2.05, 4.69) is 20.9 Å². The van der Waals surface area contributed by atoms with Gasteiger partial charge in [-0.15, -0.1) is 0 Å². The summed E-state index contributed by atoms with van der Waals surface area (Å²) in [5.41, 5.74) is 8.13. The number of aromatic nitrogens is 1. The summed E-state index contributed by atoms with van der Waals surface area (Å²) in [6, 6.07) is 9.91. The van der Waals surface area contributed by atoms with E-state index < -0.39 is 5.54 Å². The van der Waals surface area contributed by atoms with E-state index in [1.807, 2.05) is 43.5 Å². The molecule has 19 heavy (non-hydrogen) atoms. The van der Waals surface area contributed by atoms with Crippen molar-refractivity contribution >= 4 is 15.9 Å². The predicted octanol–water partition coefficient (Wildman–Crippen LogP) is 3.27. The number of ether oxygens (including phenoxy) is 1. The van der Waals surface area contributed by atoms with Crippen LogP contribution in [0.15, 0.2) is 47.2 Å². The van der Waals surface area contributed by atoms with Gasteiger partial charge in [0.1, 0.15) is 5.75 Å². The first-order valence-electron chi connectivity index (χ1n) is 6.04. The highest BCUT2D eigenvalue weighted by Crippen LogP contribution is 2.26. The summed E-state index contributed by atoms with van der Waals surface area (Å²) < 4.78 is 6.21. The number of rotatable bonds is 4. The Morgan fingerprint density at radius 3 is 2.79 bits per heavy atom. The fourth-order valence-electron chi connectivity index (χ4n) is 2.06. The zero-order chi connectivity index (χ0) is 13.9. The molecule has 0 saturated carbocycles. The van der Waals surface area contributed by atoms with Gasteiger partial charge in [-0.3, -0.25) is 4.98 Å². The van der Waals surface area contributed by atoms with E-state index in [9.17, 15) is 0 Å². The van der Waals surface area contributed by atoms with Crippen molar-refractivity contribution in [2.45, 2.75) is 18.9 Å². The molecule has 1 unspecified atom stereocenters. The second-order valence-electron chi connectivity index (χ2n) is 4.84. The zero-order valence-corrected chi connectivity index (χ0v) is 12.6. The molecule has 2 rings (SSSR count). The predicted molar refractivity (Wildman–Crippen MR) is 80.2 cm³/mol. The molecule has 4 heteroatoms. The second kappa shape index (κ2) is 5.72. The largest absolute Gasteiger partial charge is 0.497 e. The Morgan fingerprint density at radius 2 is 2.11 bits per heavy atom. The Labute approximate surface area is 121 Å².